The van der Waals surface area contributed by atoms with Gasteiger partial charge in [0, 0.05) is 0 Å². The van der Waals surface area contributed by atoms with Gasteiger partial charge in [-0.2, -0.15) is 12.6 Å². The maximum atomic E-state index is 4.41. The van der Waals surface area contributed by atoms with Gasteiger partial charge in [-0.05, 0) is 29.9 Å². The van der Waals surface area contributed by atoms with Gasteiger partial charge in [0.25, 0.3) is 0 Å². The molecule has 0 amide bonds. The number of unbranched alkanes of at least 4 members (excludes halogenated alkanes) is 1. The molecule has 0 bridgehead atoms. The van der Waals surface area contributed by atoms with Gasteiger partial charge >= 0.3 is 0 Å². The molecule has 0 aliphatic rings. The molecule has 0 aliphatic heterocycles. The van der Waals surface area contributed by atoms with E-state index in [4.69, 9.17) is 0 Å². The molecule has 0 aromatic carbocycles. The molecule has 0 aromatic heterocycles. The lowest BCUT2D eigenvalue weighted by atomic mass is 9.87. The Kier molecular flexibility index (Phi) is 7.93. The van der Waals surface area contributed by atoms with Crippen molar-refractivity contribution in [1.82, 2.24) is 0 Å². The highest BCUT2D eigenvalue weighted by atomic mass is 32.1. The minimum absolute atomic E-state index is 0.570. The molecule has 0 aliphatic carbocycles. The number of hydrogen-bond acceptors (Lipinski definition) is 1. The van der Waals surface area contributed by atoms with E-state index in [2.05, 4.69) is 40.3 Å². The molecule has 0 heterocycles. The summed E-state index contributed by atoms with van der Waals surface area (Å²) >= 11 is 4.41. The summed E-state index contributed by atoms with van der Waals surface area (Å²) < 4.78 is 0. The highest BCUT2D eigenvalue weighted by Gasteiger charge is 2.11. The second-order valence-corrected chi connectivity index (χ2v) is 5.40. The van der Waals surface area contributed by atoms with Gasteiger partial charge < -0.3 is 0 Å². The fourth-order valence-corrected chi connectivity index (χ4v) is 1.75. The van der Waals surface area contributed by atoms with Gasteiger partial charge in [-0.15, -0.1) is 0 Å². The lowest BCUT2D eigenvalue weighted by molar-refractivity contribution is 0.330. The van der Waals surface area contributed by atoms with Crippen molar-refractivity contribution in [3.63, 3.8) is 0 Å². The van der Waals surface area contributed by atoms with E-state index in [-0.39, 0.29) is 0 Å². The molecule has 0 saturated carbocycles. The van der Waals surface area contributed by atoms with Crippen LogP contribution in [0.3, 0.4) is 0 Å². The van der Waals surface area contributed by atoms with Gasteiger partial charge in [0.15, 0.2) is 0 Å². The van der Waals surface area contributed by atoms with Gasteiger partial charge in [0.1, 0.15) is 0 Å². The quantitative estimate of drug-likeness (QED) is 0.575. The maximum absolute atomic E-state index is 4.41. The molecule has 80 valence electrons. The van der Waals surface area contributed by atoms with Crippen molar-refractivity contribution in [3.8, 4) is 0 Å². The number of hydrogen-bond donors (Lipinski definition) is 1. The Bertz CT molecular complexity index is 110. The molecular weight excluding hydrogens is 176 g/mol. The fraction of sp³-hybridized carbons (Fsp3) is 1.00. The second kappa shape index (κ2) is 7.73. The number of thiol groups is 1. The molecule has 0 nitrogen and oxygen atoms in total. The minimum atomic E-state index is 0.570. The molecule has 0 radical (unpaired) electrons. The summed E-state index contributed by atoms with van der Waals surface area (Å²) in [4.78, 5) is 0. The van der Waals surface area contributed by atoms with Crippen molar-refractivity contribution in [2.75, 3.05) is 0 Å². The molecule has 3 unspecified atom stereocenters. The zero-order valence-corrected chi connectivity index (χ0v) is 10.6. The van der Waals surface area contributed by atoms with Crippen LogP contribution in [0.4, 0.5) is 0 Å². The van der Waals surface area contributed by atoms with Crippen molar-refractivity contribution in [2.45, 2.75) is 65.0 Å². The Labute approximate surface area is 89.9 Å². The third-order valence-corrected chi connectivity index (χ3v) is 3.28. The first-order valence-corrected chi connectivity index (χ1v) is 6.27. The minimum Gasteiger partial charge on any atom is -0.176 e. The Morgan fingerprint density at radius 2 is 1.46 bits per heavy atom. The summed E-state index contributed by atoms with van der Waals surface area (Å²) in [6.45, 7) is 9.24. The molecule has 0 rings (SSSR count). The highest BCUT2D eigenvalue weighted by molar-refractivity contribution is 7.80. The molecular formula is C12H26S. The number of rotatable bonds is 7. The van der Waals surface area contributed by atoms with Crippen molar-refractivity contribution in [2.24, 2.45) is 11.8 Å². The van der Waals surface area contributed by atoms with Crippen LogP contribution in [0.1, 0.15) is 59.8 Å². The van der Waals surface area contributed by atoms with E-state index in [1.165, 1.54) is 32.1 Å². The van der Waals surface area contributed by atoms with E-state index in [1.807, 2.05) is 0 Å². The second-order valence-electron chi connectivity index (χ2n) is 4.52. The van der Waals surface area contributed by atoms with Crippen LogP contribution >= 0.6 is 12.6 Å². The fourth-order valence-electron chi connectivity index (χ4n) is 1.60. The van der Waals surface area contributed by atoms with Gasteiger partial charge in [-0.25, -0.2) is 0 Å². The topological polar surface area (TPSA) is 0 Å². The smallest absolute Gasteiger partial charge is 0.00115 e. The first-order chi connectivity index (χ1) is 6.07. The van der Waals surface area contributed by atoms with Crippen LogP contribution < -0.4 is 0 Å². The van der Waals surface area contributed by atoms with Crippen molar-refractivity contribution >= 4 is 12.6 Å². The van der Waals surface area contributed by atoms with E-state index in [0.717, 1.165) is 11.8 Å². The molecule has 0 saturated heterocycles. The zero-order chi connectivity index (χ0) is 10.3. The average Bonchev–Trinajstić information content (AvgIpc) is 2.10. The van der Waals surface area contributed by atoms with E-state index in [1.54, 1.807) is 0 Å². The Morgan fingerprint density at radius 1 is 0.923 bits per heavy atom. The van der Waals surface area contributed by atoms with Crippen LogP contribution in [0.5, 0.6) is 0 Å². The van der Waals surface area contributed by atoms with E-state index in [9.17, 15) is 0 Å². The van der Waals surface area contributed by atoms with Crippen LogP contribution in [0, 0.1) is 11.8 Å². The Balaban J connectivity index is 3.50. The maximum Gasteiger partial charge on any atom is -0.00115 e. The normalized spacial score (nSPS) is 18.2. The third kappa shape index (κ3) is 7.42. The SMILES string of the molecule is CCCCC(C)C(C)CCC(C)S. The summed E-state index contributed by atoms with van der Waals surface area (Å²) in [5.74, 6) is 1.77. The van der Waals surface area contributed by atoms with Gasteiger partial charge in [-0.1, -0.05) is 47.0 Å². The molecule has 13 heavy (non-hydrogen) atoms. The standard InChI is InChI=1S/C12H26S/c1-5-6-7-10(2)11(3)8-9-12(4)13/h10-13H,5-9H2,1-4H3. The first-order valence-electron chi connectivity index (χ1n) is 5.76. The first kappa shape index (κ1) is 13.4. The molecule has 1 heteroatoms. The molecule has 0 N–H and O–H groups in total. The lowest BCUT2D eigenvalue weighted by Crippen LogP contribution is -2.09. The molecule has 3 atom stereocenters. The Morgan fingerprint density at radius 3 is 1.92 bits per heavy atom. The Hall–Kier alpha value is 0.350. The highest BCUT2D eigenvalue weighted by Crippen LogP contribution is 2.23. The van der Waals surface area contributed by atoms with Crippen molar-refractivity contribution in [3.05, 3.63) is 0 Å². The van der Waals surface area contributed by atoms with Crippen molar-refractivity contribution in [1.29, 1.82) is 0 Å². The van der Waals surface area contributed by atoms with Crippen LogP contribution in [0.15, 0.2) is 0 Å². The van der Waals surface area contributed by atoms with Crippen LogP contribution in [-0.2, 0) is 0 Å². The summed E-state index contributed by atoms with van der Waals surface area (Å²) in [5, 5.41) is 0.570. The van der Waals surface area contributed by atoms with Crippen molar-refractivity contribution < 1.29 is 0 Å². The van der Waals surface area contributed by atoms with Gasteiger partial charge in [0.2, 0.25) is 0 Å². The summed E-state index contributed by atoms with van der Waals surface area (Å²) in [6.07, 6.45) is 6.73. The summed E-state index contributed by atoms with van der Waals surface area (Å²) in [7, 11) is 0. The van der Waals surface area contributed by atoms with Crippen LogP contribution in [0.2, 0.25) is 0 Å². The van der Waals surface area contributed by atoms with E-state index >= 15 is 0 Å². The van der Waals surface area contributed by atoms with Crippen LogP contribution in [-0.4, -0.2) is 5.25 Å². The molecule has 0 spiro atoms. The van der Waals surface area contributed by atoms with E-state index < -0.39 is 0 Å². The summed E-state index contributed by atoms with van der Waals surface area (Å²) in [5.41, 5.74) is 0. The predicted octanol–water partition coefficient (Wildman–Crippen LogP) is 4.55. The van der Waals surface area contributed by atoms with Gasteiger partial charge in [-0.3, -0.25) is 0 Å². The van der Waals surface area contributed by atoms with E-state index in [0.29, 0.717) is 5.25 Å². The van der Waals surface area contributed by atoms with Crippen LogP contribution in [0.25, 0.3) is 0 Å². The largest absolute Gasteiger partial charge is 0.176 e. The monoisotopic (exact) mass is 202 g/mol. The predicted molar refractivity (Wildman–Crippen MR) is 65.5 cm³/mol. The van der Waals surface area contributed by atoms with Gasteiger partial charge in [0.05, 0.1) is 0 Å². The molecule has 0 aromatic rings. The zero-order valence-electron chi connectivity index (χ0n) is 9.71. The molecule has 0 fully saturated rings. The average molecular weight is 202 g/mol. The summed E-state index contributed by atoms with van der Waals surface area (Å²) in [6, 6.07) is 0. The third-order valence-electron chi connectivity index (χ3n) is 3.02. The lowest BCUT2D eigenvalue weighted by Gasteiger charge is -2.20.